The van der Waals surface area contributed by atoms with Gasteiger partial charge >= 0.3 is 0 Å². The van der Waals surface area contributed by atoms with Gasteiger partial charge in [0.25, 0.3) is 5.91 Å². The molecule has 1 aromatic heterocycles. The van der Waals surface area contributed by atoms with E-state index in [2.05, 4.69) is 5.32 Å². The van der Waals surface area contributed by atoms with Gasteiger partial charge in [-0.25, -0.2) is 0 Å². The summed E-state index contributed by atoms with van der Waals surface area (Å²) in [5, 5.41) is 2.80. The maximum atomic E-state index is 12.9. The second-order valence-electron chi connectivity index (χ2n) is 6.89. The maximum Gasteiger partial charge on any atom is 0.254 e. The molecule has 3 rings (SSSR count). The minimum atomic E-state index is -0.130. The lowest BCUT2D eigenvalue weighted by atomic mass is 10.2. The van der Waals surface area contributed by atoms with Crippen LogP contribution < -0.4 is 14.8 Å². The molecule has 0 radical (unpaired) electrons. The van der Waals surface area contributed by atoms with Crippen LogP contribution in [-0.4, -0.2) is 49.8 Å². The van der Waals surface area contributed by atoms with Crippen LogP contribution in [0.1, 0.15) is 16.1 Å². The number of ether oxygens (including phenoxy) is 2. The van der Waals surface area contributed by atoms with Gasteiger partial charge < -0.3 is 24.1 Å². The van der Waals surface area contributed by atoms with Gasteiger partial charge in [0, 0.05) is 11.9 Å². The van der Waals surface area contributed by atoms with Crippen LogP contribution in [0, 0.1) is 0 Å². The molecule has 7 nitrogen and oxygen atoms in total. The number of amides is 2. The SMILES string of the molecule is COc1ccc(OCCN(C)C(=O)c2ccccc2SCC(=O)NCc2ccco2)cc1. The smallest absolute Gasteiger partial charge is 0.254 e. The molecule has 0 aliphatic heterocycles. The Bertz CT molecular complexity index is 1010. The second kappa shape index (κ2) is 11.9. The summed E-state index contributed by atoms with van der Waals surface area (Å²) in [6.45, 7) is 1.12. The van der Waals surface area contributed by atoms with E-state index in [0.29, 0.717) is 36.8 Å². The first-order valence-electron chi connectivity index (χ1n) is 10.1. The number of likely N-dealkylation sites (N-methyl/N-ethyl adjacent to an activating group) is 1. The highest BCUT2D eigenvalue weighted by molar-refractivity contribution is 8.00. The van der Waals surface area contributed by atoms with Crippen molar-refractivity contribution in [1.82, 2.24) is 10.2 Å². The molecule has 0 unspecified atom stereocenters. The summed E-state index contributed by atoms with van der Waals surface area (Å²) >= 11 is 1.33. The van der Waals surface area contributed by atoms with E-state index in [1.165, 1.54) is 11.8 Å². The molecule has 0 bridgehead atoms. The van der Waals surface area contributed by atoms with E-state index in [4.69, 9.17) is 13.9 Å². The normalized spacial score (nSPS) is 10.4. The van der Waals surface area contributed by atoms with Gasteiger partial charge in [0.2, 0.25) is 5.91 Å². The molecule has 0 aliphatic carbocycles. The molecule has 0 saturated heterocycles. The molecule has 3 aromatic rings. The number of nitrogens with zero attached hydrogens (tertiary/aromatic N) is 1. The molecule has 0 spiro atoms. The van der Waals surface area contributed by atoms with Gasteiger partial charge in [-0.2, -0.15) is 0 Å². The van der Waals surface area contributed by atoms with E-state index >= 15 is 0 Å². The molecule has 1 heterocycles. The van der Waals surface area contributed by atoms with Gasteiger partial charge in [0.05, 0.1) is 37.8 Å². The Morgan fingerprint density at radius 2 is 1.78 bits per heavy atom. The lowest BCUT2D eigenvalue weighted by Gasteiger charge is -2.19. The Labute approximate surface area is 191 Å². The Morgan fingerprint density at radius 1 is 1.03 bits per heavy atom. The Hall–Kier alpha value is -3.39. The van der Waals surface area contributed by atoms with E-state index in [1.807, 2.05) is 42.5 Å². The number of benzene rings is 2. The van der Waals surface area contributed by atoms with E-state index < -0.39 is 0 Å². The molecule has 32 heavy (non-hydrogen) atoms. The first-order chi connectivity index (χ1) is 15.6. The quantitative estimate of drug-likeness (QED) is 0.443. The molecule has 2 aromatic carbocycles. The maximum absolute atomic E-state index is 12.9. The van der Waals surface area contributed by atoms with Crippen molar-refractivity contribution in [2.45, 2.75) is 11.4 Å². The van der Waals surface area contributed by atoms with Crippen LogP contribution in [0.5, 0.6) is 11.5 Å². The number of rotatable bonds is 11. The van der Waals surface area contributed by atoms with Gasteiger partial charge in [-0.3, -0.25) is 9.59 Å². The van der Waals surface area contributed by atoms with Crippen LogP contribution in [-0.2, 0) is 11.3 Å². The van der Waals surface area contributed by atoms with Crippen molar-refractivity contribution in [3.63, 3.8) is 0 Å². The minimum absolute atomic E-state index is 0.123. The molecular weight excluding hydrogens is 428 g/mol. The Morgan fingerprint density at radius 3 is 2.50 bits per heavy atom. The molecule has 0 fully saturated rings. The minimum Gasteiger partial charge on any atom is -0.497 e. The van der Waals surface area contributed by atoms with Crippen molar-refractivity contribution >= 4 is 23.6 Å². The predicted octanol–water partition coefficient (Wildman–Crippen LogP) is 3.85. The van der Waals surface area contributed by atoms with Crippen LogP contribution >= 0.6 is 11.8 Å². The highest BCUT2D eigenvalue weighted by atomic mass is 32.2. The number of thioether (sulfide) groups is 1. The van der Waals surface area contributed by atoms with E-state index in [1.54, 1.807) is 43.5 Å². The fourth-order valence-electron chi connectivity index (χ4n) is 2.84. The zero-order valence-electron chi connectivity index (χ0n) is 18.1. The van der Waals surface area contributed by atoms with E-state index in [0.717, 1.165) is 10.6 Å². The second-order valence-corrected chi connectivity index (χ2v) is 7.91. The molecule has 168 valence electrons. The fraction of sp³-hybridized carbons (Fsp3) is 0.250. The molecule has 0 aliphatic rings. The molecule has 8 heteroatoms. The van der Waals surface area contributed by atoms with Crippen molar-refractivity contribution in [2.24, 2.45) is 0 Å². The van der Waals surface area contributed by atoms with Crippen LogP contribution in [0.4, 0.5) is 0 Å². The zero-order chi connectivity index (χ0) is 22.8. The molecule has 2 amide bonds. The first-order valence-corrected chi connectivity index (χ1v) is 11.1. The lowest BCUT2D eigenvalue weighted by molar-refractivity contribution is -0.118. The van der Waals surface area contributed by atoms with Gasteiger partial charge in [-0.05, 0) is 48.5 Å². The molecular formula is C24H26N2O5S. The summed E-state index contributed by atoms with van der Waals surface area (Å²) < 4.78 is 16.0. The summed E-state index contributed by atoms with van der Waals surface area (Å²) in [6.07, 6.45) is 1.57. The van der Waals surface area contributed by atoms with Crippen molar-refractivity contribution in [3.05, 3.63) is 78.3 Å². The van der Waals surface area contributed by atoms with E-state index in [9.17, 15) is 9.59 Å². The molecule has 1 N–H and O–H groups in total. The van der Waals surface area contributed by atoms with E-state index in [-0.39, 0.29) is 17.6 Å². The lowest BCUT2D eigenvalue weighted by Crippen LogP contribution is -2.31. The van der Waals surface area contributed by atoms with Crippen molar-refractivity contribution in [1.29, 1.82) is 0 Å². The summed E-state index contributed by atoms with van der Waals surface area (Å²) in [5.41, 5.74) is 0.559. The monoisotopic (exact) mass is 454 g/mol. The largest absolute Gasteiger partial charge is 0.497 e. The highest BCUT2D eigenvalue weighted by Gasteiger charge is 2.16. The average Bonchev–Trinajstić information content (AvgIpc) is 3.35. The molecule has 0 saturated carbocycles. The number of hydrogen-bond acceptors (Lipinski definition) is 6. The Balaban J connectivity index is 1.49. The fourth-order valence-corrected chi connectivity index (χ4v) is 3.72. The van der Waals surface area contributed by atoms with Gasteiger partial charge in [-0.15, -0.1) is 11.8 Å². The third kappa shape index (κ3) is 6.81. The number of methoxy groups -OCH3 is 1. The van der Waals surface area contributed by atoms with Gasteiger partial charge in [-0.1, -0.05) is 12.1 Å². The summed E-state index contributed by atoms with van der Waals surface area (Å²) in [4.78, 5) is 27.5. The Kier molecular flexibility index (Phi) is 8.62. The topological polar surface area (TPSA) is 81.0 Å². The van der Waals surface area contributed by atoms with Gasteiger partial charge in [0.1, 0.15) is 23.9 Å². The summed E-state index contributed by atoms with van der Waals surface area (Å²) in [6, 6.07) is 18.2. The van der Waals surface area contributed by atoms with Crippen molar-refractivity contribution in [2.75, 3.05) is 33.1 Å². The average molecular weight is 455 g/mol. The third-order valence-electron chi connectivity index (χ3n) is 4.62. The third-order valence-corrected chi connectivity index (χ3v) is 5.69. The van der Waals surface area contributed by atoms with Crippen LogP contribution in [0.25, 0.3) is 0 Å². The first kappa shape index (κ1) is 23.3. The van der Waals surface area contributed by atoms with Crippen molar-refractivity contribution in [3.8, 4) is 11.5 Å². The predicted molar refractivity (Wildman–Crippen MR) is 123 cm³/mol. The van der Waals surface area contributed by atoms with Crippen LogP contribution in [0.2, 0.25) is 0 Å². The number of carbonyl (C=O) groups is 2. The highest BCUT2D eigenvalue weighted by Crippen LogP contribution is 2.24. The number of carbonyl (C=O) groups excluding carboxylic acids is 2. The zero-order valence-corrected chi connectivity index (χ0v) is 18.9. The van der Waals surface area contributed by atoms with Crippen molar-refractivity contribution < 1.29 is 23.5 Å². The number of nitrogens with one attached hydrogen (secondary N) is 1. The van der Waals surface area contributed by atoms with Crippen LogP contribution in [0.3, 0.4) is 0 Å². The summed E-state index contributed by atoms with van der Waals surface area (Å²) in [5.74, 6) is 2.11. The summed E-state index contributed by atoms with van der Waals surface area (Å²) in [7, 11) is 3.34. The standard InChI is InChI=1S/C24H26N2O5S/c1-26(13-15-31-19-11-9-18(29-2)10-12-19)24(28)21-7-3-4-8-22(21)32-17-23(27)25-16-20-6-5-14-30-20/h3-12,14H,13,15-17H2,1-2H3,(H,25,27). The van der Waals surface area contributed by atoms with Gasteiger partial charge in [0.15, 0.2) is 0 Å². The van der Waals surface area contributed by atoms with Crippen LogP contribution in [0.15, 0.2) is 76.2 Å². The molecule has 0 atom stereocenters. The number of furan rings is 1. The number of hydrogen-bond donors (Lipinski definition) is 1.